The molecule has 106 valence electrons. The van der Waals surface area contributed by atoms with Gasteiger partial charge in [-0.2, -0.15) is 0 Å². The summed E-state index contributed by atoms with van der Waals surface area (Å²) in [5.41, 5.74) is 2.62. The first-order valence-electron chi connectivity index (χ1n) is 6.35. The standard InChI is InChI=1S/C16H11BrClFN2/c17-12-7-11-2-1-3-15(16(11)21-9-12)20-8-10-4-5-13(18)14(19)6-10/h1-7,9,20H,8H2. The van der Waals surface area contributed by atoms with Crippen LogP contribution in [0.1, 0.15) is 5.56 Å². The zero-order valence-electron chi connectivity index (χ0n) is 10.9. The van der Waals surface area contributed by atoms with Crippen LogP contribution >= 0.6 is 27.5 Å². The molecule has 0 fully saturated rings. The van der Waals surface area contributed by atoms with Crippen molar-refractivity contribution in [1.82, 2.24) is 4.98 Å². The second-order valence-electron chi connectivity index (χ2n) is 4.63. The molecule has 1 aromatic heterocycles. The molecule has 0 saturated carbocycles. The number of hydrogen-bond acceptors (Lipinski definition) is 2. The third kappa shape index (κ3) is 3.17. The SMILES string of the molecule is Fc1cc(CNc2cccc3cc(Br)cnc23)ccc1Cl. The van der Waals surface area contributed by atoms with Crippen molar-refractivity contribution >= 4 is 44.1 Å². The summed E-state index contributed by atoms with van der Waals surface area (Å²) in [5.74, 6) is -0.407. The Labute approximate surface area is 135 Å². The van der Waals surface area contributed by atoms with E-state index in [1.807, 2.05) is 24.3 Å². The molecule has 0 spiro atoms. The average Bonchev–Trinajstić information content (AvgIpc) is 2.48. The zero-order valence-corrected chi connectivity index (χ0v) is 13.2. The lowest BCUT2D eigenvalue weighted by molar-refractivity contribution is 0.626. The van der Waals surface area contributed by atoms with Gasteiger partial charge in [0.05, 0.1) is 16.2 Å². The van der Waals surface area contributed by atoms with Crippen molar-refractivity contribution in [1.29, 1.82) is 0 Å². The summed E-state index contributed by atoms with van der Waals surface area (Å²) in [4.78, 5) is 4.42. The second-order valence-corrected chi connectivity index (χ2v) is 5.96. The minimum atomic E-state index is -0.407. The average molecular weight is 366 g/mol. The van der Waals surface area contributed by atoms with Gasteiger partial charge in [0.2, 0.25) is 0 Å². The van der Waals surface area contributed by atoms with Crippen LogP contribution in [0.2, 0.25) is 5.02 Å². The van der Waals surface area contributed by atoms with Crippen LogP contribution < -0.4 is 5.32 Å². The lowest BCUT2D eigenvalue weighted by Gasteiger charge is -2.10. The predicted molar refractivity (Wildman–Crippen MR) is 88.2 cm³/mol. The van der Waals surface area contributed by atoms with E-state index in [-0.39, 0.29) is 5.02 Å². The Hall–Kier alpha value is -1.65. The quantitative estimate of drug-likeness (QED) is 0.672. The Balaban J connectivity index is 1.86. The number of nitrogens with one attached hydrogen (secondary N) is 1. The van der Waals surface area contributed by atoms with Crippen LogP contribution in [0.5, 0.6) is 0 Å². The fourth-order valence-electron chi connectivity index (χ4n) is 2.12. The third-order valence-corrected chi connectivity index (χ3v) is 3.88. The lowest BCUT2D eigenvalue weighted by atomic mass is 10.1. The molecule has 1 N–H and O–H groups in total. The van der Waals surface area contributed by atoms with Crippen molar-refractivity contribution in [2.24, 2.45) is 0 Å². The Bertz CT molecular complexity index is 807. The van der Waals surface area contributed by atoms with Gasteiger partial charge in [-0.05, 0) is 45.8 Å². The summed E-state index contributed by atoms with van der Waals surface area (Å²) in [7, 11) is 0. The molecule has 3 rings (SSSR count). The van der Waals surface area contributed by atoms with Gasteiger partial charge in [0, 0.05) is 22.6 Å². The molecule has 0 atom stereocenters. The first-order chi connectivity index (χ1) is 10.1. The molecule has 2 nitrogen and oxygen atoms in total. The van der Waals surface area contributed by atoms with E-state index >= 15 is 0 Å². The maximum absolute atomic E-state index is 13.4. The van der Waals surface area contributed by atoms with Crippen LogP contribution in [0.4, 0.5) is 10.1 Å². The van der Waals surface area contributed by atoms with Crippen LogP contribution in [0.15, 0.2) is 53.1 Å². The highest BCUT2D eigenvalue weighted by atomic mass is 79.9. The van der Waals surface area contributed by atoms with Crippen LogP contribution in [-0.4, -0.2) is 4.98 Å². The molecule has 0 radical (unpaired) electrons. The van der Waals surface area contributed by atoms with Gasteiger partial charge in [0.25, 0.3) is 0 Å². The molecule has 0 amide bonds. The minimum Gasteiger partial charge on any atom is -0.379 e. The largest absolute Gasteiger partial charge is 0.379 e. The molecule has 0 unspecified atom stereocenters. The molecular weight excluding hydrogens is 355 g/mol. The maximum Gasteiger partial charge on any atom is 0.142 e. The lowest BCUT2D eigenvalue weighted by Crippen LogP contribution is -2.01. The van der Waals surface area contributed by atoms with E-state index in [1.165, 1.54) is 6.07 Å². The maximum atomic E-state index is 13.4. The summed E-state index contributed by atoms with van der Waals surface area (Å²) in [6.45, 7) is 0.505. The highest BCUT2D eigenvalue weighted by Crippen LogP contribution is 2.24. The van der Waals surface area contributed by atoms with Crippen molar-refractivity contribution < 1.29 is 4.39 Å². The Morgan fingerprint density at radius 1 is 1.19 bits per heavy atom. The smallest absolute Gasteiger partial charge is 0.142 e. The van der Waals surface area contributed by atoms with E-state index in [1.54, 1.807) is 18.3 Å². The molecule has 0 saturated heterocycles. The van der Waals surface area contributed by atoms with Gasteiger partial charge in [0.15, 0.2) is 0 Å². The number of nitrogens with zero attached hydrogens (tertiary/aromatic N) is 1. The van der Waals surface area contributed by atoms with Gasteiger partial charge in [-0.25, -0.2) is 4.39 Å². The molecule has 3 aromatic rings. The normalized spacial score (nSPS) is 10.8. The van der Waals surface area contributed by atoms with Crippen molar-refractivity contribution in [3.8, 4) is 0 Å². The van der Waals surface area contributed by atoms with Gasteiger partial charge in [-0.15, -0.1) is 0 Å². The highest BCUT2D eigenvalue weighted by molar-refractivity contribution is 9.10. The number of hydrogen-bond donors (Lipinski definition) is 1. The first-order valence-corrected chi connectivity index (χ1v) is 7.52. The molecule has 0 aliphatic rings. The Morgan fingerprint density at radius 2 is 2.05 bits per heavy atom. The molecule has 0 bridgehead atoms. The number of fused-ring (bicyclic) bond motifs is 1. The highest BCUT2D eigenvalue weighted by Gasteiger charge is 2.04. The van der Waals surface area contributed by atoms with Crippen molar-refractivity contribution in [3.05, 3.63) is 69.5 Å². The number of halogens is 3. The Kier molecular flexibility index (Phi) is 4.08. The number of aromatic nitrogens is 1. The van der Waals surface area contributed by atoms with Gasteiger partial charge in [0.1, 0.15) is 5.82 Å². The minimum absolute atomic E-state index is 0.135. The van der Waals surface area contributed by atoms with Crippen LogP contribution in [0.3, 0.4) is 0 Å². The number of rotatable bonds is 3. The first kappa shape index (κ1) is 14.3. The van der Waals surface area contributed by atoms with E-state index in [2.05, 4.69) is 26.2 Å². The van der Waals surface area contributed by atoms with E-state index in [4.69, 9.17) is 11.6 Å². The third-order valence-electron chi connectivity index (χ3n) is 3.14. The Morgan fingerprint density at radius 3 is 2.86 bits per heavy atom. The van der Waals surface area contributed by atoms with Crippen LogP contribution in [0, 0.1) is 5.82 Å². The summed E-state index contributed by atoms with van der Waals surface area (Å²) >= 11 is 9.09. The number of benzene rings is 2. The monoisotopic (exact) mass is 364 g/mol. The van der Waals surface area contributed by atoms with Crippen molar-refractivity contribution in [2.75, 3.05) is 5.32 Å². The zero-order chi connectivity index (χ0) is 14.8. The van der Waals surface area contributed by atoms with Gasteiger partial charge in [-0.1, -0.05) is 29.8 Å². The number of pyridine rings is 1. The van der Waals surface area contributed by atoms with E-state index in [0.717, 1.165) is 26.6 Å². The summed E-state index contributed by atoms with van der Waals surface area (Å²) < 4.78 is 14.4. The van der Waals surface area contributed by atoms with E-state index in [9.17, 15) is 4.39 Å². The van der Waals surface area contributed by atoms with Gasteiger partial charge >= 0.3 is 0 Å². The van der Waals surface area contributed by atoms with E-state index < -0.39 is 5.82 Å². The topological polar surface area (TPSA) is 24.9 Å². The molecular formula is C16H11BrClFN2. The fraction of sp³-hybridized carbons (Fsp3) is 0.0625. The van der Waals surface area contributed by atoms with E-state index in [0.29, 0.717) is 6.54 Å². The molecule has 21 heavy (non-hydrogen) atoms. The van der Waals surface area contributed by atoms with Crippen LogP contribution in [0.25, 0.3) is 10.9 Å². The molecule has 2 aromatic carbocycles. The van der Waals surface area contributed by atoms with Crippen molar-refractivity contribution in [2.45, 2.75) is 6.54 Å². The molecule has 5 heteroatoms. The fourth-order valence-corrected chi connectivity index (χ4v) is 2.59. The molecule has 1 heterocycles. The predicted octanol–water partition coefficient (Wildman–Crippen LogP) is 5.40. The summed E-state index contributed by atoms with van der Waals surface area (Å²) in [5, 5.41) is 4.46. The van der Waals surface area contributed by atoms with Crippen LogP contribution in [-0.2, 0) is 6.54 Å². The summed E-state index contributed by atoms with van der Waals surface area (Å²) in [6.07, 6.45) is 1.76. The van der Waals surface area contributed by atoms with Gasteiger partial charge in [-0.3, -0.25) is 4.98 Å². The second kappa shape index (κ2) is 6.00. The number of para-hydroxylation sites is 1. The molecule has 0 aliphatic carbocycles. The number of anilines is 1. The molecule has 0 aliphatic heterocycles. The summed E-state index contributed by atoms with van der Waals surface area (Å²) in [6, 6.07) is 12.7. The van der Waals surface area contributed by atoms with Gasteiger partial charge < -0.3 is 5.32 Å². The van der Waals surface area contributed by atoms with Crippen molar-refractivity contribution in [3.63, 3.8) is 0 Å².